The van der Waals surface area contributed by atoms with Crippen molar-refractivity contribution in [1.82, 2.24) is 15.0 Å². The molecule has 1 saturated carbocycles. The van der Waals surface area contributed by atoms with Gasteiger partial charge in [-0.2, -0.15) is 4.98 Å². The predicted molar refractivity (Wildman–Crippen MR) is 66.2 cm³/mol. The Hall–Kier alpha value is -1.43. The largest absolute Gasteiger partial charge is 0.469 e. The van der Waals surface area contributed by atoms with Crippen molar-refractivity contribution in [3.63, 3.8) is 0 Å². The molecule has 2 atom stereocenters. The molecule has 0 bridgehead atoms. The van der Waals surface area contributed by atoms with Crippen molar-refractivity contribution >= 4 is 5.97 Å². The molecule has 2 aliphatic rings. The fourth-order valence-electron chi connectivity index (χ4n) is 2.68. The Kier molecular flexibility index (Phi) is 3.26. The van der Waals surface area contributed by atoms with Crippen molar-refractivity contribution in [3.05, 3.63) is 11.7 Å². The molecule has 6 heteroatoms. The average Bonchev–Trinajstić information content (AvgIpc) is 3.05. The van der Waals surface area contributed by atoms with Gasteiger partial charge in [0.2, 0.25) is 5.89 Å². The molecule has 6 nitrogen and oxygen atoms in total. The standard InChI is InChI=1S/C13H19N3O3/c1-8-5-16(6-10(8)13(17)18-2)7-11-14-12(19-15-11)9-3-4-9/h8-10H,3-7H2,1-2H3. The maximum Gasteiger partial charge on any atom is 0.310 e. The quantitative estimate of drug-likeness (QED) is 0.762. The number of likely N-dealkylation sites (tertiary alicyclic amines) is 1. The highest BCUT2D eigenvalue weighted by atomic mass is 16.5. The SMILES string of the molecule is COC(=O)C1CN(Cc2noc(C3CC3)n2)CC1C. The maximum absolute atomic E-state index is 11.6. The third-order valence-corrected chi connectivity index (χ3v) is 3.97. The number of nitrogens with zero attached hydrogens (tertiary/aromatic N) is 3. The fraction of sp³-hybridized carbons (Fsp3) is 0.769. The molecule has 1 saturated heterocycles. The molecule has 1 aliphatic heterocycles. The highest BCUT2D eigenvalue weighted by Gasteiger charge is 2.36. The van der Waals surface area contributed by atoms with Gasteiger partial charge in [0.15, 0.2) is 5.82 Å². The summed E-state index contributed by atoms with van der Waals surface area (Å²) in [5.41, 5.74) is 0. The minimum Gasteiger partial charge on any atom is -0.469 e. The van der Waals surface area contributed by atoms with Gasteiger partial charge in [0.25, 0.3) is 0 Å². The molecule has 1 aliphatic carbocycles. The Morgan fingerprint density at radius 2 is 2.26 bits per heavy atom. The molecule has 0 amide bonds. The molecule has 3 rings (SSSR count). The van der Waals surface area contributed by atoms with E-state index in [1.54, 1.807) is 0 Å². The third kappa shape index (κ3) is 2.63. The molecular formula is C13H19N3O3. The Bertz CT molecular complexity index is 469. The van der Waals surface area contributed by atoms with Crippen LogP contribution in [0, 0.1) is 11.8 Å². The van der Waals surface area contributed by atoms with Crippen LogP contribution in [0.5, 0.6) is 0 Å². The predicted octanol–water partition coefficient (Wildman–Crippen LogP) is 1.19. The molecule has 0 radical (unpaired) electrons. The zero-order chi connectivity index (χ0) is 13.4. The van der Waals surface area contributed by atoms with E-state index in [4.69, 9.17) is 9.26 Å². The lowest BCUT2D eigenvalue weighted by Crippen LogP contribution is -2.24. The number of carbonyl (C=O) groups is 1. The minimum atomic E-state index is -0.123. The van der Waals surface area contributed by atoms with Crippen molar-refractivity contribution < 1.29 is 14.1 Å². The second-order valence-electron chi connectivity index (χ2n) is 5.62. The highest BCUT2D eigenvalue weighted by molar-refractivity contribution is 5.73. The molecule has 2 fully saturated rings. The summed E-state index contributed by atoms with van der Waals surface area (Å²) in [5.74, 6) is 2.12. The van der Waals surface area contributed by atoms with Gasteiger partial charge in [-0.25, -0.2) is 0 Å². The van der Waals surface area contributed by atoms with Gasteiger partial charge in [-0.15, -0.1) is 0 Å². The molecule has 2 heterocycles. The molecule has 2 unspecified atom stereocenters. The molecule has 0 N–H and O–H groups in total. The number of hydrogen-bond donors (Lipinski definition) is 0. The lowest BCUT2D eigenvalue weighted by molar-refractivity contribution is -0.146. The van der Waals surface area contributed by atoms with Crippen LogP contribution in [0.3, 0.4) is 0 Å². The molecule has 1 aromatic rings. The number of methoxy groups -OCH3 is 1. The van der Waals surface area contributed by atoms with E-state index in [2.05, 4.69) is 22.0 Å². The first-order valence-electron chi connectivity index (χ1n) is 6.80. The first kappa shape index (κ1) is 12.6. The lowest BCUT2D eigenvalue weighted by atomic mass is 9.99. The van der Waals surface area contributed by atoms with E-state index in [1.807, 2.05) is 0 Å². The van der Waals surface area contributed by atoms with Gasteiger partial charge >= 0.3 is 5.97 Å². The van der Waals surface area contributed by atoms with Crippen LogP contribution in [-0.2, 0) is 16.1 Å². The summed E-state index contributed by atoms with van der Waals surface area (Å²) in [6.45, 7) is 4.30. The van der Waals surface area contributed by atoms with E-state index < -0.39 is 0 Å². The van der Waals surface area contributed by atoms with Crippen molar-refractivity contribution in [2.24, 2.45) is 11.8 Å². The summed E-state index contributed by atoms with van der Waals surface area (Å²) in [4.78, 5) is 18.2. The van der Waals surface area contributed by atoms with Crippen molar-refractivity contribution in [2.75, 3.05) is 20.2 Å². The van der Waals surface area contributed by atoms with Crippen LogP contribution in [0.4, 0.5) is 0 Å². The second kappa shape index (κ2) is 4.92. The topological polar surface area (TPSA) is 68.5 Å². The monoisotopic (exact) mass is 265 g/mol. The average molecular weight is 265 g/mol. The van der Waals surface area contributed by atoms with Crippen molar-refractivity contribution in [1.29, 1.82) is 0 Å². The zero-order valence-electron chi connectivity index (χ0n) is 11.3. The smallest absolute Gasteiger partial charge is 0.310 e. The Morgan fingerprint density at radius 1 is 1.47 bits per heavy atom. The van der Waals surface area contributed by atoms with Gasteiger partial charge in [-0.1, -0.05) is 12.1 Å². The summed E-state index contributed by atoms with van der Waals surface area (Å²) < 4.78 is 10.1. The Labute approximate surface area is 112 Å². The Morgan fingerprint density at radius 3 is 2.95 bits per heavy atom. The highest BCUT2D eigenvalue weighted by Crippen LogP contribution is 2.39. The van der Waals surface area contributed by atoms with Gasteiger partial charge in [0.1, 0.15) is 0 Å². The van der Waals surface area contributed by atoms with Crippen LogP contribution in [-0.4, -0.2) is 41.2 Å². The van der Waals surface area contributed by atoms with E-state index in [0.717, 1.165) is 31.1 Å². The van der Waals surface area contributed by atoms with E-state index in [0.29, 0.717) is 24.9 Å². The van der Waals surface area contributed by atoms with Gasteiger partial charge in [0.05, 0.1) is 19.6 Å². The molecule has 0 aromatic carbocycles. The fourth-order valence-corrected chi connectivity index (χ4v) is 2.68. The van der Waals surface area contributed by atoms with Crippen LogP contribution >= 0.6 is 0 Å². The summed E-state index contributed by atoms with van der Waals surface area (Å²) in [6.07, 6.45) is 2.32. The number of esters is 1. The summed E-state index contributed by atoms with van der Waals surface area (Å²) in [7, 11) is 1.44. The van der Waals surface area contributed by atoms with E-state index in [9.17, 15) is 4.79 Å². The summed E-state index contributed by atoms with van der Waals surface area (Å²) in [5, 5.41) is 4.01. The van der Waals surface area contributed by atoms with Gasteiger partial charge in [-0.3, -0.25) is 9.69 Å². The van der Waals surface area contributed by atoms with Crippen molar-refractivity contribution in [3.8, 4) is 0 Å². The first-order valence-corrected chi connectivity index (χ1v) is 6.80. The maximum atomic E-state index is 11.6. The van der Waals surface area contributed by atoms with Crippen molar-refractivity contribution in [2.45, 2.75) is 32.2 Å². The summed E-state index contributed by atoms with van der Waals surface area (Å²) >= 11 is 0. The zero-order valence-corrected chi connectivity index (χ0v) is 11.3. The van der Waals surface area contributed by atoms with Gasteiger partial charge < -0.3 is 9.26 Å². The summed E-state index contributed by atoms with van der Waals surface area (Å²) in [6, 6.07) is 0. The van der Waals surface area contributed by atoms with E-state index in [-0.39, 0.29) is 11.9 Å². The van der Waals surface area contributed by atoms with Crippen LogP contribution in [0.2, 0.25) is 0 Å². The number of carbonyl (C=O) groups excluding carboxylic acids is 1. The molecular weight excluding hydrogens is 246 g/mol. The minimum absolute atomic E-state index is 0.0418. The van der Waals surface area contributed by atoms with Gasteiger partial charge in [-0.05, 0) is 18.8 Å². The van der Waals surface area contributed by atoms with Crippen LogP contribution in [0.25, 0.3) is 0 Å². The molecule has 19 heavy (non-hydrogen) atoms. The molecule has 104 valence electrons. The van der Waals surface area contributed by atoms with E-state index in [1.165, 1.54) is 7.11 Å². The van der Waals surface area contributed by atoms with Crippen LogP contribution in [0.1, 0.15) is 37.4 Å². The van der Waals surface area contributed by atoms with E-state index >= 15 is 0 Å². The van der Waals surface area contributed by atoms with Crippen LogP contribution < -0.4 is 0 Å². The number of aromatic nitrogens is 2. The second-order valence-corrected chi connectivity index (χ2v) is 5.62. The number of rotatable bonds is 4. The lowest BCUT2D eigenvalue weighted by Gasteiger charge is -2.12. The normalized spacial score (nSPS) is 27.7. The third-order valence-electron chi connectivity index (χ3n) is 3.97. The molecule has 1 aromatic heterocycles. The number of hydrogen-bond acceptors (Lipinski definition) is 6. The Balaban J connectivity index is 1.59. The molecule has 0 spiro atoms. The number of ether oxygens (including phenoxy) is 1. The van der Waals surface area contributed by atoms with Gasteiger partial charge in [0, 0.05) is 19.0 Å². The van der Waals surface area contributed by atoms with Crippen LogP contribution in [0.15, 0.2) is 4.52 Å². The first-order chi connectivity index (χ1) is 9.17.